The van der Waals surface area contributed by atoms with Crippen molar-refractivity contribution < 1.29 is 4.79 Å². The Morgan fingerprint density at radius 3 is 2.70 bits per heavy atom. The average Bonchev–Trinajstić information content (AvgIpc) is 2.86. The Morgan fingerprint density at radius 1 is 1.45 bits per heavy atom. The van der Waals surface area contributed by atoms with Crippen molar-refractivity contribution in [1.82, 2.24) is 20.0 Å². The lowest BCUT2D eigenvalue weighted by molar-refractivity contribution is -0.119. The number of nitrogens with zero attached hydrogens (tertiary/aromatic N) is 3. The molecule has 0 aromatic carbocycles. The van der Waals surface area contributed by atoms with Gasteiger partial charge in [-0.25, -0.2) is 4.68 Å². The van der Waals surface area contributed by atoms with Gasteiger partial charge in [-0.05, 0) is 6.08 Å². The van der Waals surface area contributed by atoms with Gasteiger partial charge in [-0.3, -0.25) is 9.59 Å². The first-order valence-corrected chi connectivity index (χ1v) is 6.91. The largest absolute Gasteiger partial charge is 0.313 e. The molecule has 0 spiro atoms. The first-order valence-electron chi connectivity index (χ1n) is 6.09. The molecule has 6 nitrogen and oxygen atoms in total. The van der Waals surface area contributed by atoms with Crippen molar-refractivity contribution in [3.63, 3.8) is 0 Å². The first kappa shape index (κ1) is 14.4. The van der Waals surface area contributed by atoms with E-state index in [9.17, 15) is 9.59 Å². The van der Waals surface area contributed by atoms with E-state index in [0.29, 0.717) is 9.20 Å². The topological polar surface area (TPSA) is 80.6 Å². The molecule has 2 aromatic rings. The number of ketones is 1. The van der Waals surface area contributed by atoms with Gasteiger partial charge in [0.1, 0.15) is 0 Å². The molecule has 2 aromatic heterocycles. The summed E-state index contributed by atoms with van der Waals surface area (Å²) >= 11 is 1.24. The summed E-state index contributed by atoms with van der Waals surface area (Å²) in [7, 11) is 1.75. The Morgan fingerprint density at radius 2 is 2.15 bits per heavy atom. The summed E-state index contributed by atoms with van der Waals surface area (Å²) in [4.78, 5) is 26.5. The van der Waals surface area contributed by atoms with Crippen LogP contribution in [0.2, 0.25) is 0 Å². The van der Waals surface area contributed by atoms with Gasteiger partial charge in [0.15, 0.2) is 5.78 Å². The molecule has 0 saturated carbocycles. The van der Waals surface area contributed by atoms with Gasteiger partial charge in [0.25, 0.3) is 5.56 Å². The maximum Gasteiger partial charge on any atom is 0.266 e. The highest BCUT2D eigenvalue weighted by atomic mass is 32.1. The number of nitrogens with one attached hydrogen (secondary N) is 1. The van der Waals surface area contributed by atoms with Crippen molar-refractivity contribution in [3.8, 4) is 0 Å². The summed E-state index contributed by atoms with van der Waals surface area (Å²) in [5.74, 6) is -0.0243. The van der Waals surface area contributed by atoms with Crippen LogP contribution in [-0.2, 0) is 11.8 Å². The van der Waals surface area contributed by atoms with Gasteiger partial charge in [0.2, 0.25) is 0 Å². The molecule has 0 bridgehead atoms. The molecule has 20 heavy (non-hydrogen) atoms. The van der Waals surface area contributed by atoms with E-state index in [2.05, 4.69) is 15.3 Å². The summed E-state index contributed by atoms with van der Waals surface area (Å²) in [6.07, 6.45) is 4.75. The number of Topliss-reactive ketones (excluding diaryl/α,β-unsaturated/α-hetero) is 1. The van der Waals surface area contributed by atoms with Gasteiger partial charge < -0.3 is 4.98 Å². The number of aryl methyl sites for hydroxylation is 1. The smallest absolute Gasteiger partial charge is 0.266 e. The molecule has 106 valence electrons. The first-order chi connectivity index (χ1) is 9.27. The molecular formula is C13H16N4O2S. The van der Waals surface area contributed by atoms with Gasteiger partial charge in [-0.1, -0.05) is 26.0 Å². The van der Waals surface area contributed by atoms with Crippen LogP contribution < -0.4 is 14.8 Å². The van der Waals surface area contributed by atoms with E-state index in [4.69, 9.17) is 0 Å². The molecular weight excluding hydrogens is 276 g/mol. The van der Waals surface area contributed by atoms with Crippen LogP contribution in [0.1, 0.15) is 26.5 Å². The molecule has 2 heterocycles. The van der Waals surface area contributed by atoms with Crippen LogP contribution >= 0.6 is 11.3 Å². The maximum absolute atomic E-state index is 11.9. The fourth-order valence-electron chi connectivity index (χ4n) is 1.42. The van der Waals surface area contributed by atoms with E-state index < -0.39 is 5.41 Å². The lowest BCUT2D eigenvalue weighted by Crippen LogP contribution is -2.22. The number of aromatic nitrogens is 4. The highest BCUT2D eigenvalue weighted by Crippen LogP contribution is 2.14. The molecule has 0 atom stereocenters. The normalized spacial score (nSPS) is 14.0. The van der Waals surface area contributed by atoms with Crippen molar-refractivity contribution in [2.24, 2.45) is 12.5 Å². The SMILES string of the molecule is Cn1nncc1/C=c1\s/c(=C/C(=O)C(C)(C)C)[nH]c1=O. The van der Waals surface area contributed by atoms with Crippen molar-refractivity contribution in [1.29, 1.82) is 0 Å². The minimum Gasteiger partial charge on any atom is -0.313 e. The van der Waals surface area contributed by atoms with Crippen LogP contribution in [0.5, 0.6) is 0 Å². The summed E-state index contributed by atoms with van der Waals surface area (Å²) in [5, 5.41) is 7.54. The summed E-state index contributed by atoms with van der Waals surface area (Å²) in [6, 6.07) is 0. The maximum atomic E-state index is 11.9. The Labute approximate surface area is 119 Å². The zero-order valence-corrected chi connectivity index (χ0v) is 12.6. The molecule has 2 rings (SSSR count). The number of carbonyl (C=O) groups excluding carboxylic acids is 1. The van der Waals surface area contributed by atoms with Gasteiger partial charge >= 0.3 is 0 Å². The van der Waals surface area contributed by atoms with Crippen LogP contribution in [0.4, 0.5) is 0 Å². The standard InChI is InChI=1S/C13H16N4O2S/c1-13(2,3)10(18)6-11-15-12(19)9(20-11)5-8-7-14-16-17(8)4/h5-7H,1-4H3,(H,15,19)/b9-5-,11-6+. The molecule has 0 fully saturated rings. The number of carbonyl (C=O) groups is 1. The van der Waals surface area contributed by atoms with Crippen molar-refractivity contribution >= 4 is 29.3 Å². The predicted octanol–water partition coefficient (Wildman–Crippen LogP) is -0.211. The lowest BCUT2D eigenvalue weighted by atomic mass is 9.91. The van der Waals surface area contributed by atoms with Gasteiger partial charge in [0.05, 0.1) is 21.1 Å². The van der Waals surface area contributed by atoms with E-state index in [0.717, 1.165) is 5.69 Å². The van der Waals surface area contributed by atoms with Gasteiger partial charge in [-0.15, -0.1) is 16.4 Å². The zero-order chi connectivity index (χ0) is 14.9. The highest BCUT2D eigenvalue weighted by Gasteiger charge is 2.18. The quantitative estimate of drug-likeness (QED) is 0.830. The molecule has 0 amide bonds. The second-order valence-electron chi connectivity index (χ2n) is 5.47. The Balaban J connectivity index is 2.49. The molecule has 0 saturated heterocycles. The third-order valence-electron chi connectivity index (χ3n) is 2.71. The van der Waals surface area contributed by atoms with Crippen LogP contribution in [-0.4, -0.2) is 25.8 Å². The third kappa shape index (κ3) is 3.11. The fourth-order valence-corrected chi connectivity index (χ4v) is 2.29. The summed E-state index contributed by atoms with van der Waals surface area (Å²) < 4.78 is 2.64. The number of thiazole rings is 1. The second-order valence-corrected chi connectivity index (χ2v) is 6.55. The summed E-state index contributed by atoms with van der Waals surface area (Å²) in [5.41, 5.74) is 0.0479. The highest BCUT2D eigenvalue weighted by molar-refractivity contribution is 7.07. The Bertz CT molecular complexity index is 805. The monoisotopic (exact) mass is 292 g/mol. The van der Waals surface area contributed by atoms with E-state index >= 15 is 0 Å². The second kappa shape index (κ2) is 5.16. The van der Waals surface area contributed by atoms with E-state index in [1.165, 1.54) is 17.4 Å². The number of hydrogen-bond acceptors (Lipinski definition) is 5. The minimum absolute atomic E-state index is 0.0243. The molecule has 0 aliphatic carbocycles. The average molecular weight is 292 g/mol. The van der Waals surface area contributed by atoms with Crippen LogP contribution in [0, 0.1) is 5.41 Å². The lowest BCUT2D eigenvalue weighted by Gasteiger charge is -2.12. The minimum atomic E-state index is -0.462. The summed E-state index contributed by atoms with van der Waals surface area (Å²) in [6.45, 7) is 5.52. The molecule has 7 heteroatoms. The van der Waals surface area contributed by atoms with E-state index in [-0.39, 0.29) is 11.3 Å². The van der Waals surface area contributed by atoms with Gasteiger partial charge in [0, 0.05) is 18.5 Å². The molecule has 1 N–H and O–H groups in total. The Hall–Kier alpha value is -2.02. The van der Waals surface area contributed by atoms with Crippen LogP contribution in [0.25, 0.3) is 12.2 Å². The fraction of sp³-hybridized carbons (Fsp3) is 0.385. The number of H-pyrrole nitrogens is 1. The third-order valence-corrected chi connectivity index (χ3v) is 3.67. The molecule has 0 unspecified atom stereocenters. The van der Waals surface area contributed by atoms with Crippen LogP contribution in [0.15, 0.2) is 11.0 Å². The molecule has 0 aliphatic rings. The molecule has 0 radical (unpaired) electrons. The molecule has 0 aliphatic heterocycles. The van der Waals surface area contributed by atoms with E-state index in [1.54, 1.807) is 24.0 Å². The number of rotatable bonds is 2. The van der Waals surface area contributed by atoms with Crippen LogP contribution in [0.3, 0.4) is 0 Å². The van der Waals surface area contributed by atoms with Crippen molar-refractivity contribution in [2.75, 3.05) is 0 Å². The zero-order valence-electron chi connectivity index (χ0n) is 11.8. The van der Waals surface area contributed by atoms with Crippen molar-refractivity contribution in [2.45, 2.75) is 20.8 Å². The van der Waals surface area contributed by atoms with Crippen molar-refractivity contribution in [3.05, 3.63) is 31.4 Å². The van der Waals surface area contributed by atoms with E-state index in [1.807, 2.05) is 20.8 Å². The Kier molecular flexibility index (Phi) is 3.71. The number of aromatic amines is 1. The number of hydrogen-bond donors (Lipinski definition) is 1. The predicted molar refractivity (Wildman–Crippen MR) is 77.7 cm³/mol. The van der Waals surface area contributed by atoms with Gasteiger partial charge in [-0.2, -0.15) is 0 Å².